The molecule has 1 saturated heterocycles. The van der Waals surface area contributed by atoms with Crippen LogP contribution in [0.15, 0.2) is 42.7 Å². The Kier molecular flexibility index (Phi) is 5.54. The highest BCUT2D eigenvalue weighted by molar-refractivity contribution is 7.21. The monoisotopic (exact) mass is 396 g/mol. The van der Waals surface area contributed by atoms with Gasteiger partial charge in [-0.2, -0.15) is 0 Å². The molecule has 2 aromatic heterocycles. The minimum absolute atomic E-state index is 0.115. The molecule has 0 saturated carbocycles. The van der Waals surface area contributed by atoms with Gasteiger partial charge >= 0.3 is 5.97 Å². The summed E-state index contributed by atoms with van der Waals surface area (Å²) >= 11 is 1.69. The number of nitrogens with zero attached hydrogens (tertiary/aromatic N) is 4. The number of carboxylic acids is 1. The van der Waals surface area contributed by atoms with E-state index in [2.05, 4.69) is 38.0 Å². The molecular weight excluding hydrogens is 372 g/mol. The molecule has 7 heteroatoms. The SMILES string of the molecule is CCN(CC(=O)O)C1CCN(c2ncnc3sc(-c4ccccc4)cc23)CC1. The Morgan fingerprint density at radius 1 is 1.25 bits per heavy atom. The lowest BCUT2D eigenvalue weighted by atomic mass is 10.0. The molecule has 1 aliphatic heterocycles. The molecule has 1 aromatic carbocycles. The van der Waals surface area contributed by atoms with Crippen molar-refractivity contribution in [1.29, 1.82) is 0 Å². The van der Waals surface area contributed by atoms with Gasteiger partial charge in [0.1, 0.15) is 17.0 Å². The standard InChI is InChI=1S/C21H24N4O2S/c1-2-24(13-19(26)27)16-8-10-25(11-9-16)20-17-12-18(15-6-4-3-5-7-15)28-21(17)23-14-22-20/h3-7,12,14,16H,2,8-11,13H2,1H3,(H,26,27). The number of hydrogen-bond acceptors (Lipinski definition) is 6. The van der Waals surface area contributed by atoms with Gasteiger partial charge in [0.2, 0.25) is 0 Å². The van der Waals surface area contributed by atoms with Crippen molar-refractivity contribution in [1.82, 2.24) is 14.9 Å². The third-order valence-electron chi connectivity index (χ3n) is 5.39. The van der Waals surface area contributed by atoms with Gasteiger partial charge in [-0.1, -0.05) is 37.3 Å². The van der Waals surface area contributed by atoms with E-state index in [-0.39, 0.29) is 6.54 Å². The predicted octanol–water partition coefficient (Wildman–Crippen LogP) is 3.73. The number of thiophene rings is 1. The quantitative estimate of drug-likeness (QED) is 0.685. The van der Waals surface area contributed by atoms with E-state index in [0.717, 1.165) is 48.5 Å². The van der Waals surface area contributed by atoms with Crippen LogP contribution in [0.1, 0.15) is 19.8 Å². The van der Waals surface area contributed by atoms with E-state index in [9.17, 15) is 4.79 Å². The van der Waals surface area contributed by atoms with Crippen LogP contribution in [0.25, 0.3) is 20.7 Å². The first-order chi connectivity index (χ1) is 13.7. The van der Waals surface area contributed by atoms with E-state index in [1.807, 2.05) is 25.1 Å². The summed E-state index contributed by atoms with van der Waals surface area (Å²) in [5.74, 6) is 0.233. The second-order valence-corrected chi connectivity index (χ2v) is 8.10. The molecule has 0 spiro atoms. The first kappa shape index (κ1) is 18.8. The van der Waals surface area contributed by atoms with Gasteiger partial charge in [-0.15, -0.1) is 11.3 Å². The van der Waals surface area contributed by atoms with E-state index in [1.54, 1.807) is 17.7 Å². The molecule has 1 fully saturated rings. The summed E-state index contributed by atoms with van der Waals surface area (Å²) in [4.78, 5) is 26.7. The van der Waals surface area contributed by atoms with Crippen LogP contribution < -0.4 is 4.90 Å². The number of hydrogen-bond donors (Lipinski definition) is 1. The fourth-order valence-corrected chi connectivity index (χ4v) is 4.95. The Labute approximate surface area is 168 Å². The summed E-state index contributed by atoms with van der Waals surface area (Å²) in [5.41, 5.74) is 1.20. The molecule has 0 amide bonds. The number of anilines is 1. The van der Waals surface area contributed by atoms with E-state index < -0.39 is 5.97 Å². The van der Waals surface area contributed by atoms with Gasteiger partial charge in [0.15, 0.2) is 0 Å². The number of rotatable bonds is 6. The fourth-order valence-electron chi connectivity index (χ4n) is 3.96. The maximum atomic E-state index is 11.1. The number of likely N-dealkylation sites (N-methyl/N-ethyl adjacent to an activating group) is 1. The van der Waals surface area contributed by atoms with Gasteiger partial charge in [-0.3, -0.25) is 9.69 Å². The van der Waals surface area contributed by atoms with Gasteiger partial charge in [0.05, 0.1) is 11.9 Å². The normalized spacial score (nSPS) is 15.4. The van der Waals surface area contributed by atoms with E-state index in [0.29, 0.717) is 6.04 Å². The molecule has 0 unspecified atom stereocenters. The van der Waals surface area contributed by atoms with Crippen molar-refractivity contribution in [3.05, 3.63) is 42.7 Å². The highest BCUT2D eigenvalue weighted by Crippen LogP contribution is 2.36. The van der Waals surface area contributed by atoms with Crippen molar-refractivity contribution in [3.63, 3.8) is 0 Å². The first-order valence-corrected chi connectivity index (χ1v) is 10.5. The summed E-state index contributed by atoms with van der Waals surface area (Å²) < 4.78 is 0. The van der Waals surface area contributed by atoms with Crippen molar-refractivity contribution in [2.24, 2.45) is 0 Å². The molecule has 28 heavy (non-hydrogen) atoms. The average molecular weight is 397 g/mol. The van der Waals surface area contributed by atoms with Crippen LogP contribution in [-0.4, -0.2) is 58.2 Å². The zero-order valence-electron chi connectivity index (χ0n) is 15.9. The van der Waals surface area contributed by atoms with Crippen LogP contribution in [0.3, 0.4) is 0 Å². The Morgan fingerprint density at radius 2 is 2.00 bits per heavy atom. The maximum absolute atomic E-state index is 11.1. The number of fused-ring (bicyclic) bond motifs is 1. The van der Waals surface area contributed by atoms with Crippen LogP contribution >= 0.6 is 11.3 Å². The number of carboxylic acid groups (broad SMARTS) is 1. The molecule has 6 nitrogen and oxygen atoms in total. The largest absolute Gasteiger partial charge is 0.480 e. The minimum atomic E-state index is -0.756. The van der Waals surface area contributed by atoms with Crippen LogP contribution in [0, 0.1) is 0 Å². The van der Waals surface area contributed by atoms with E-state index in [4.69, 9.17) is 5.11 Å². The summed E-state index contributed by atoms with van der Waals surface area (Å²) in [6, 6.07) is 12.9. The number of benzene rings is 1. The number of aromatic nitrogens is 2. The Hall–Kier alpha value is -2.51. The molecule has 0 atom stereocenters. The molecule has 1 aliphatic rings. The third kappa shape index (κ3) is 3.86. The number of piperidine rings is 1. The van der Waals surface area contributed by atoms with Crippen LogP contribution in [-0.2, 0) is 4.79 Å². The van der Waals surface area contributed by atoms with Crippen molar-refractivity contribution < 1.29 is 9.90 Å². The molecule has 0 aliphatic carbocycles. The Balaban J connectivity index is 1.54. The molecule has 4 rings (SSSR count). The molecular formula is C21H24N4O2S. The topological polar surface area (TPSA) is 69.6 Å². The summed E-state index contributed by atoms with van der Waals surface area (Å²) in [5, 5.41) is 10.2. The molecule has 1 N–H and O–H groups in total. The van der Waals surface area contributed by atoms with E-state index >= 15 is 0 Å². The summed E-state index contributed by atoms with van der Waals surface area (Å²) in [6.45, 7) is 4.66. The van der Waals surface area contributed by atoms with Crippen molar-refractivity contribution >= 4 is 33.3 Å². The lowest BCUT2D eigenvalue weighted by Gasteiger charge is -2.38. The number of aliphatic carboxylic acids is 1. The van der Waals surface area contributed by atoms with Crippen LogP contribution in [0.5, 0.6) is 0 Å². The zero-order chi connectivity index (χ0) is 19.5. The van der Waals surface area contributed by atoms with Crippen molar-refractivity contribution in [3.8, 4) is 10.4 Å². The van der Waals surface area contributed by atoms with Crippen molar-refractivity contribution in [2.75, 3.05) is 31.1 Å². The van der Waals surface area contributed by atoms with E-state index in [1.165, 1.54) is 10.4 Å². The van der Waals surface area contributed by atoms with Gasteiger partial charge in [-0.25, -0.2) is 9.97 Å². The number of carbonyl (C=O) groups is 1. The smallest absolute Gasteiger partial charge is 0.317 e. The van der Waals surface area contributed by atoms with Gasteiger partial charge in [-0.05, 0) is 31.0 Å². The van der Waals surface area contributed by atoms with Crippen molar-refractivity contribution in [2.45, 2.75) is 25.8 Å². The lowest BCUT2D eigenvalue weighted by molar-refractivity contribution is -0.139. The third-order valence-corrected chi connectivity index (χ3v) is 6.48. The second kappa shape index (κ2) is 8.24. The maximum Gasteiger partial charge on any atom is 0.317 e. The second-order valence-electron chi connectivity index (χ2n) is 7.07. The molecule has 0 radical (unpaired) electrons. The van der Waals surface area contributed by atoms with Gasteiger partial charge < -0.3 is 10.0 Å². The molecule has 0 bridgehead atoms. The average Bonchev–Trinajstić information content (AvgIpc) is 3.17. The molecule has 146 valence electrons. The van der Waals surface area contributed by atoms with Gasteiger partial charge in [0.25, 0.3) is 0 Å². The summed E-state index contributed by atoms with van der Waals surface area (Å²) in [6.07, 6.45) is 3.54. The Morgan fingerprint density at radius 3 is 2.68 bits per heavy atom. The molecule has 3 aromatic rings. The molecule has 3 heterocycles. The van der Waals surface area contributed by atoms with Crippen LogP contribution in [0.4, 0.5) is 5.82 Å². The first-order valence-electron chi connectivity index (χ1n) is 9.66. The van der Waals surface area contributed by atoms with Crippen LogP contribution in [0.2, 0.25) is 0 Å². The highest BCUT2D eigenvalue weighted by atomic mass is 32.1. The Bertz CT molecular complexity index is 951. The summed E-state index contributed by atoms with van der Waals surface area (Å²) in [7, 11) is 0. The predicted molar refractivity (Wildman–Crippen MR) is 113 cm³/mol. The fraction of sp³-hybridized carbons (Fsp3) is 0.381. The zero-order valence-corrected chi connectivity index (χ0v) is 16.7. The lowest BCUT2D eigenvalue weighted by Crippen LogP contribution is -2.46. The highest BCUT2D eigenvalue weighted by Gasteiger charge is 2.26. The van der Waals surface area contributed by atoms with Gasteiger partial charge in [0, 0.05) is 24.0 Å². The minimum Gasteiger partial charge on any atom is -0.480 e.